The summed E-state index contributed by atoms with van der Waals surface area (Å²) in [4.78, 5) is 29.7. The van der Waals surface area contributed by atoms with Gasteiger partial charge < -0.3 is 18.9 Å². The molecular weight excluding hydrogens is 376 g/mol. The molecule has 6 nitrogen and oxygen atoms in total. The smallest absolute Gasteiger partial charge is 0.250 e. The molecule has 0 spiro atoms. The van der Waals surface area contributed by atoms with E-state index < -0.39 is 0 Å². The first kappa shape index (κ1) is 18.6. The third kappa shape index (κ3) is 3.17. The Morgan fingerprint density at radius 1 is 0.633 bits per heavy atom. The largest absolute Gasteiger partial charge is 0.312 e. The van der Waals surface area contributed by atoms with Crippen LogP contribution in [0.5, 0.6) is 0 Å². The lowest BCUT2D eigenvalue weighted by molar-refractivity contribution is 0.0793. The van der Waals surface area contributed by atoms with Crippen molar-refractivity contribution in [1.29, 1.82) is 0 Å². The molecule has 2 saturated heterocycles. The van der Waals surface area contributed by atoms with Crippen LogP contribution in [0, 0.1) is 11.8 Å². The van der Waals surface area contributed by atoms with E-state index in [1.165, 1.54) is 24.2 Å². The van der Waals surface area contributed by atoms with Crippen molar-refractivity contribution in [2.75, 3.05) is 39.3 Å². The van der Waals surface area contributed by atoms with Crippen LogP contribution in [0.1, 0.15) is 36.1 Å². The minimum Gasteiger partial charge on any atom is -0.312 e. The zero-order valence-corrected chi connectivity index (χ0v) is 17.4. The van der Waals surface area contributed by atoms with Gasteiger partial charge >= 0.3 is 0 Å². The molecule has 6 heterocycles. The lowest BCUT2D eigenvalue weighted by Crippen LogP contribution is -2.51. The van der Waals surface area contributed by atoms with Gasteiger partial charge in [-0.15, -0.1) is 0 Å². The van der Waals surface area contributed by atoms with Crippen molar-refractivity contribution in [3.63, 3.8) is 0 Å². The van der Waals surface area contributed by atoms with Crippen molar-refractivity contribution >= 4 is 0 Å². The summed E-state index contributed by atoms with van der Waals surface area (Å²) in [6.45, 7) is 8.31. The van der Waals surface area contributed by atoms with Crippen molar-refractivity contribution in [2.24, 2.45) is 11.8 Å². The summed E-state index contributed by atoms with van der Waals surface area (Å²) < 4.78 is 4.03. The normalized spacial score (nSPS) is 30.5. The number of fused-ring (bicyclic) bond motifs is 8. The molecule has 6 heteroatoms. The number of rotatable bonds is 3. The number of pyridine rings is 2. The molecule has 158 valence electrons. The minimum atomic E-state index is 0.162. The Balaban J connectivity index is 1.12. The average Bonchev–Trinajstić information content (AvgIpc) is 2.74. The topological polar surface area (TPSA) is 50.5 Å². The van der Waals surface area contributed by atoms with E-state index in [2.05, 4.69) is 21.9 Å². The minimum absolute atomic E-state index is 0.162. The fourth-order valence-electron chi connectivity index (χ4n) is 6.64. The summed E-state index contributed by atoms with van der Waals surface area (Å²) in [6.07, 6.45) is 2.44. The van der Waals surface area contributed by atoms with Crippen LogP contribution in [0.15, 0.2) is 46.0 Å². The lowest BCUT2D eigenvalue weighted by atomic mass is 9.82. The highest BCUT2D eigenvalue weighted by atomic mass is 16.1. The molecule has 4 bridgehead atoms. The molecule has 2 aromatic rings. The van der Waals surface area contributed by atoms with Crippen molar-refractivity contribution in [3.8, 4) is 0 Å². The van der Waals surface area contributed by atoms with Crippen molar-refractivity contribution < 1.29 is 0 Å². The number of nitrogens with zero attached hydrogens (tertiary/aromatic N) is 4. The highest BCUT2D eigenvalue weighted by Crippen LogP contribution is 2.36. The lowest BCUT2D eigenvalue weighted by Gasteiger charge is -2.45. The maximum atomic E-state index is 12.2. The van der Waals surface area contributed by atoms with Crippen molar-refractivity contribution in [2.45, 2.75) is 37.8 Å². The Labute approximate surface area is 176 Å². The van der Waals surface area contributed by atoms with Gasteiger partial charge in [0.15, 0.2) is 0 Å². The number of hydrogen-bond donors (Lipinski definition) is 0. The van der Waals surface area contributed by atoms with E-state index in [9.17, 15) is 9.59 Å². The predicted octanol–water partition coefficient (Wildman–Crippen LogP) is 1.55. The van der Waals surface area contributed by atoms with Gasteiger partial charge in [0.1, 0.15) is 0 Å². The Morgan fingerprint density at radius 3 is 1.57 bits per heavy atom. The van der Waals surface area contributed by atoms with E-state index in [0.29, 0.717) is 23.7 Å². The first-order chi connectivity index (χ1) is 14.6. The van der Waals surface area contributed by atoms with Gasteiger partial charge in [0.2, 0.25) is 0 Å². The molecular formula is C24H30N4O2. The Kier molecular flexibility index (Phi) is 4.46. The van der Waals surface area contributed by atoms with Gasteiger partial charge in [0.05, 0.1) is 0 Å². The van der Waals surface area contributed by atoms with E-state index in [1.54, 1.807) is 12.1 Å². The van der Waals surface area contributed by atoms with Crippen molar-refractivity contribution in [3.05, 3.63) is 68.5 Å². The standard InChI is InChI=1S/C24H30N4O2/c29-23-5-1-3-21-19-9-17(13-27(21)23)11-25(15-19)7-8-26-12-18-10-20(16-26)22-4-2-6-24(30)28(22)14-18/h1-6,17-20H,7-16H2/t17-,18-,19+,20?/m0/s1. The van der Waals surface area contributed by atoms with Gasteiger partial charge in [-0.3, -0.25) is 9.59 Å². The van der Waals surface area contributed by atoms with E-state index >= 15 is 0 Å². The summed E-state index contributed by atoms with van der Waals surface area (Å²) in [5, 5.41) is 0. The van der Waals surface area contributed by atoms with Crippen LogP contribution < -0.4 is 11.1 Å². The van der Waals surface area contributed by atoms with Gasteiger partial charge in [-0.2, -0.15) is 0 Å². The quantitative estimate of drug-likeness (QED) is 0.776. The van der Waals surface area contributed by atoms with E-state index in [4.69, 9.17) is 0 Å². The van der Waals surface area contributed by atoms with Crippen LogP contribution in [-0.4, -0.2) is 58.2 Å². The summed E-state index contributed by atoms with van der Waals surface area (Å²) in [5.74, 6) is 2.17. The molecule has 6 rings (SSSR count). The Bertz CT molecular complexity index is 988. The fraction of sp³-hybridized carbons (Fsp3) is 0.583. The van der Waals surface area contributed by atoms with Crippen LogP contribution >= 0.6 is 0 Å². The third-order valence-corrected chi connectivity index (χ3v) is 7.84. The Hall–Kier alpha value is -2.18. The van der Waals surface area contributed by atoms with E-state index in [1.807, 2.05) is 21.3 Å². The van der Waals surface area contributed by atoms with Gasteiger partial charge in [-0.05, 0) is 36.8 Å². The Morgan fingerprint density at radius 2 is 1.10 bits per heavy atom. The molecule has 4 aliphatic rings. The van der Waals surface area contributed by atoms with Crippen LogP contribution in [-0.2, 0) is 13.1 Å². The van der Waals surface area contributed by atoms with E-state index in [0.717, 1.165) is 52.4 Å². The first-order valence-electron chi connectivity index (χ1n) is 11.5. The average molecular weight is 407 g/mol. The number of piperidine rings is 2. The second-order valence-corrected chi connectivity index (χ2v) is 9.92. The molecule has 2 aromatic heterocycles. The van der Waals surface area contributed by atoms with Gasteiger partial charge in [-0.25, -0.2) is 0 Å². The van der Waals surface area contributed by atoms with Crippen LogP contribution in [0.4, 0.5) is 0 Å². The van der Waals surface area contributed by atoms with Crippen LogP contribution in [0.3, 0.4) is 0 Å². The molecule has 0 N–H and O–H groups in total. The number of hydrogen-bond acceptors (Lipinski definition) is 4. The van der Waals surface area contributed by atoms with E-state index in [-0.39, 0.29) is 11.1 Å². The summed E-state index contributed by atoms with van der Waals surface area (Å²) in [6, 6.07) is 11.5. The highest BCUT2D eigenvalue weighted by Gasteiger charge is 2.36. The third-order valence-electron chi connectivity index (χ3n) is 7.84. The molecule has 2 fully saturated rings. The zero-order chi connectivity index (χ0) is 20.2. The van der Waals surface area contributed by atoms with Gasteiger partial charge in [0.25, 0.3) is 11.1 Å². The molecule has 4 atom stereocenters. The molecule has 0 radical (unpaired) electrons. The monoisotopic (exact) mass is 406 g/mol. The zero-order valence-electron chi connectivity index (χ0n) is 17.4. The van der Waals surface area contributed by atoms with Gasteiger partial charge in [-0.1, -0.05) is 12.1 Å². The maximum absolute atomic E-state index is 12.2. The fourth-order valence-corrected chi connectivity index (χ4v) is 6.64. The number of aromatic nitrogens is 2. The number of likely N-dealkylation sites (tertiary alicyclic amines) is 2. The molecule has 0 saturated carbocycles. The first-order valence-corrected chi connectivity index (χ1v) is 11.5. The molecule has 1 unspecified atom stereocenters. The maximum Gasteiger partial charge on any atom is 0.250 e. The molecule has 0 aliphatic carbocycles. The second kappa shape index (κ2) is 7.20. The SMILES string of the molecule is O=c1cccc2n1C[C@H]1CC2CN(CCN2C[C@@H]3C[C@H](C2)c2cccc(=O)n2C3)C1. The molecule has 0 amide bonds. The van der Waals surface area contributed by atoms with Crippen LogP contribution in [0.25, 0.3) is 0 Å². The molecule has 30 heavy (non-hydrogen) atoms. The predicted molar refractivity (Wildman–Crippen MR) is 116 cm³/mol. The molecule has 4 aliphatic heterocycles. The summed E-state index contributed by atoms with van der Waals surface area (Å²) in [7, 11) is 0. The summed E-state index contributed by atoms with van der Waals surface area (Å²) in [5.41, 5.74) is 2.79. The second-order valence-electron chi connectivity index (χ2n) is 9.92. The summed E-state index contributed by atoms with van der Waals surface area (Å²) >= 11 is 0. The van der Waals surface area contributed by atoms with Crippen molar-refractivity contribution in [1.82, 2.24) is 18.9 Å². The van der Waals surface area contributed by atoms with Crippen LogP contribution in [0.2, 0.25) is 0 Å². The highest BCUT2D eigenvalue weighted by molar-refractivity contribution is 5.18. The van der Waals surface area contributed by atoms with Gasteiger partial charge in [0, 0.05) is 87.7 Å². The molecule has 0 aromatic carbocycles.